The first-order valence-corrected chi connectivity index (χ1v) is 7.63. The maximum Gasteiger partial charge on any atom is 0.352 e. The van der Waals surface area contributed by atoms with Gasteiger partial charge in [-0.25, -0.2) is 4.79 Å². The van der Waals surface area contributed by atoms with Gasteiger partial charge < -0.3 is 9.47 Å². The summed E-state index contributed by atoms with van der Waals surface area (Å²) >= 11 is 5.91. The van der Waals surface area contributed by atoms with Gasteiger partial charge in [-0.15, -0.1) is 0 Å². The van der Waals surface area contributed by atoms with Crippen molar-refractivity contribution in [1.29, 1.82) is 0 Å². The maximum atomic E-state index is 12.3. The molecule has 4 heteroatoms. The molecule has 0 N–H and O–H groups in total. The lowest BCUT2D eigenvalue weighted by Crippen LogP contribution is -2.28. The van der Waals surface area contributed by atoms with Crippen molar-refractivity contribution in [2.75, 3.05) is 0 Å². The van der Waals surface area contributed by atoms with Crippen molar-refractivity contribution in [3.05, 3.63) is 71.8 Å². The Hall–Kier alpha value is -2.52. The summed E-state index contributed by atoms with van der Waals surface area (Å²) in [5.41, 5.74) is 0. The van der Waals surface area contributed by atoms with Gasteiger partial charge in [0.25, 0.3) is 0 Å². The average Bonchev–Trinajstić information content (AvgIpc) is 2.55. The number of rotatable bonds is 4. The van der Waals surface area contributed by atoms with Gasteiger partial charge in [-0.05, 0) is 36.6 Å². The van der Waals surface area contributed by atoms with Crippen LogP contribution in [0.1, 0.15) is 6.92 Å². The summed E-state index contributed by atoms with van der Waals surface area (Å²) < 4.78 is 11.1. The molecule has 3 rings (SSSR count). The lowest BCUT2D eigenvalue weighted by atomic mass is 10.1. The predicted octanol–water partition coefficient (Wildman–Crippen LogP) is 4.87. The largest absolute Gasteiger partial charge is 0.479 e. The highest BCUT2D eigenvalue weighted by atomic mass is 35.5. The first-order valence-electron chi connectivity index (χ1n) is 7.25. The summed E-state index contributed by atoms with van der Waals surface area (Å²) in [6.45, 7) is 1.65. The van der Waals surface area contributed by atoms with E-state index in [4.69, 9.17) is 21.1 Å². The van der Waals surface area contributed by atoms with Crippen LogP contribution in [0.2, 0.25) is 5.02 Å². The lowest BCUT2D eigenvalue weighted by Gasteiger charge is -2.15. The van der Waals surface area contributed by atoms with Crippen LogP contribution >= 0.6 is 11.6 Å². The van der Waals surface area contributed by atoms with E-state index in [0.29, 0.717) is 16.5 Å². The Morgan fingerprint density at radius 1 is 1.00 bits per heavy atom. The minimum Gasteiger partial charge on any atom is -0.479 e. The van der Waals surface area contributed by atoms with Crippen molar-refractivity contribution < 1.29 is 14.3 Å². The first kappa shape index (κ1) is 15.4. The van der Waals surface area contributed by atoms with Crippen LogP contribution in [0.4, 0.5) is 0 Å². The number of carbonyl (C=O) groups excluding carboxylic acids is 1. The Labute approximate surface area is 139 Å². The second-order valence-corrected chi connectivity index (χ2v) is 5.55. The molecule has 0 aromatic heterocycles. The molecule has 0 saturated carbocycles. The van der Waals surface area contributed by atoms with Gasteiger partial charge in [0.2, 0.25) is 0 Å². The molecular weight excluding hydrogens is 312 g/mol. The fourth-order valence-electron chi connectivity index (χ4n) is 2.27. The molecule has 3 aromatic carbocycles. The number of fused-ring (bicyclic) bond motifs is 1. The van der Waals surface area contributed by atoms with Gasteiger partial charge in [0.15, 0.2) is 6.10 Å². The Balaban J connectivity index is 1.75. The monoisotopic (exact) mass is 326 g/mol. The number of carbonyl (C=O) groups is 1. The van der Waals surface area contributed by atoms with Gasteiger partial charge in [-0.2, -0.15) is 0 Å². The third kappa shape index (κ3) is 3.63. The summed E-state index contributed by atoms with van der Waals surface area (Å²) in [5.74, 6) is 0.593. The van der Waals surface area contributed by atoms with Crippen molar-refractivity contribution in [2.24, 2.45) is 0 Å². The van der Waals surface area contributed by atoms with Crippen LogP contribution in [0.15, 0.2) is 66.7 Å². The van der Waals surface area contributed by atoms with Crippen LogP contribution < -0.4 is 9.47 Å². The van der Waals surface area contributed by atoms with Crippen LogP contribution in [0, 0.1) is 0 Å². The molecule has 0 aliphatic heterocycles. The Bertz CT molecular complexity index is 839. The topological polar surface area (TPSA) is 35.5 Å². The molecule has 0 bridgehead atoms. The van der Waals surface area contributed by atoms with Crippen LogP contribution in [0.3, 0.4) is 0 Å². The molecule has 23 heavy (non-hydrogen) atoms. The highest BCUT2D eigenvalue weighted by Crippen LogP contribution is 2.26. The van der Waals surface area contributed by atoms with Crippen molar-refractivity contribution >= 4 is 28.3 Å². The van der Waals surface area contributed by atoms with E-state index in [-0.39, 0.29) is 0 Å². The third-order valence-electron chi connectivity index (χ3n) is 3.40. The number of benzene rings is 3. The van der Waals surface area contributed by atoms with Crippen molar-refractivity contribution in [1.82, 2.24) is 0 Å². The zero-order chi connectivity index (χ0) is 16.2. The molecule has 0 saturated heterocycles. The molecule has 3 aromatic rings. The fourth-order valence-corrected chi connectivity index (χ4v) is 2.45. The summed E-state index contributed by atoms with van der Waals surface area (Å²) in [7, 11) is 0. The molecule has 1 atom stereocenters. The third-order valence-corrected chi connectivity index (χ3v) is 3.64. The molecule has 0 heterocycles. The van der Waals surface area contributed by atoms with Gasteiger partial charge in [-0.3, -0.25) is 0 Å². The normalized spacial score (nSPS) is 11.9. The minimum absolute atomic E-state index is 0.457. The molecule has 0 aliphatic carbocycles. The highest BCUT2D eigenvalue weighted by molar-refractivity contribution is 6.30. The zero-order valence-corrected chi connectivity index (χ0v) is 13.3. The fraction of sp³-hybridized carbons (Fsp3) is 0.105. The van der Waals surface area contributed by atoms with Gasteiger partial charge >= 0.3 is 5.97 Å². The summed E-state index contributed by atoms with van der Waals surface area (Å²) in [4.78, 5) is 12.3. The van der Waals surface area contributed by atoms with Gasteiger partial charge in [0, 0.05) is 10.4 Å². The van der Waals surface area contributed by atoms with E-state index in [1.54, 1.807) is 37.3 Å². The summed E-state index contributed by atoms with van der Waals surface area (Å²) in [6, 6.07) is 20.2. The van der Waals surface area contributed by atoms with Gasteiger partial charge in [-0.1, -0.05) is 54.1 Å². The molecule has 0 spiro atoms. The van der Waals surface area contributed by atoms with Crippen LogP contribution in [-0.4, -0.2) is 12.1 Å². The van der Waals surface area contributed by atoms with Crippen LogP contribution in [0.5, 0.6) is 11.5 Å². The number of hydrogen-bond donors (Lipinski definition) is 0. The van der Waals surface area contributed by atoms with E-state index < -0.39 is 12.1 Å². The number of esters is 1. The van der Waals surface area contributed by atoms with Gasteiger partial charge in [0.05, 0.1) is 0 Å². The van der Waals surface area contributed by atoms with E-state index in [1.807, 2.05) is 36.4 Å². The Morgan fingerprint density at radius 3 is 2.57 bits per heavy atom. The van der Waals surface area contributed by atoms with E-state index >= 15 is 0 Å². The van der Waals surface area contributed by atoms with E-state index in [2.05, 4.69) is 0 Å². The molecule has 3 nitrogen and oxygen atoms in total. The number of halogens is 1. The first-order chi connectivity index (χ1) is 11.1. The van der Waals surface area contributed by atoms with Gasteiger partial charge in [0.1, 0.15) is 11.5 Å². The molecular formula is C19H15ClO3. The SMILES string of the molecule is CC(Oc1cccc(Cl)c1)C(=O)Oc1cccc2ccccc12. The molecule has 0 fully saturated rings. The van der Waals surface area contributed by atoms with Crippen molar-refractivity contribution in [3.63, 3.8) is 0 Å². The minimum atomic E-state index is -0.743. The second-order valence-electron chi connectivity index (χ2n) is 5.12. The summed E-state index contributed by atoms with van der Waals surface area (Å²) in [5, 5.41) is 2.46. The lowest BCUT2D eigenvalue weighted by molar-refractivity contribution is -0.141. The average molecular weight is 327 g/mol. The molecule has 0 amide bonds. The van der Waals surface area contributed by atoms with E-state index in [1.165, 1.54) is 0 Å². The summed E-state index contributed by atoms with van der Waals surface area (Å²) in [6.07, 6.45) is -0.743. The molecule has 0 radical (unpaired) electrons. The molecule has 0 aliphatic rings. The Morgan fingerprint density at radius 2 is 1.74 bits per heavy atom. The second kappa shape index (κ2) is 6.71. The van der Waals surface area contributed by atoms with Crippen LogP contribution in [-0.2, 0) is 4.79 Å². The standard InChI is InChI=1S/C19H15ClO3/c1-13(22-16-9-5-8-15(20)12-16)19(21)23-18-11-4-7-14-6-2-3-10-17(14)18/h2-13H,1H3. The Kier molecular flexibility index (Phi) is 4.49. The number of ether oxygens (including phenoxy) is 2. The predicted molar refractivity (Wildman–Crippen MR) is 91.1 cm³/mol. The molecule has 1 unspecified atom stereocenters. The van der Waals surface area contributed by atoms with Crippen LogP contribution in [0.25, 0.3) is 10.8 Å². The zero-order valence-electron chi connectivity index (χ0n) is 12.5. The van der Waals surface area contributed by atoms with E-state index in [0.717, 1.165) is 10.8 Å². The van der Waals surface area contributed by atoms with Crippen molar-refractivity contribution in [2.45, 2.75) is 13.0 Å². The highest BCUT2D eigenvalue weighted by Gasteiger charge is 2.18. The van der Waals surface area contributed by atoms with E-state index in [9.17, 15) is 4.79 Å². The number of hydrogen-bond acceptors (Lipinski definition) is 3. The van der Waals surface area contributed by atoms with Crippen molar-refractivity contribution in [3.8, 4) is 11.5 Å². The smallest absolute Gasteiger partial charge is 0.352 e. The maximum absolute atomic E-state index is 12.3. The molecule has 116 valence electrons. The quantitative estimate of drug-likeness (QED) is 0.507.